The monoisotopic (exact) mass is 505 g/mol. The van der Waals surface area contributed by atoms with Crippen LogP contribution in [0.1, 0.15) is 61.8 Å². The minimum Gasteiger partial charge on any atom is -0.491 e. The van der Waals surface area contributed by atoms with E-state index in [0.29, 0.717) is 30.9 Å². The molecule has 188 valence electrons. The Labute approximate surface area is 210 Å². The summed E-state index contributed by atoms with van der Waals surface area (Å²) in [5, 5.41) is 0. The van der Waals surface area contributed by atoms with Gasteiger partial charge in [0.25, 0.3) is 0 Å². The highest BCUT2D eigenvalue weighted by atomic mass is 35.5. The molecular weight excluding hydrogens is 475 g/mol. The lowest BCUT2D eigenvalue weighted by atomic mass is 9.75. The maximum Gasteiger partial charge on any atom is 0.416 e. The molecule has 7 heteroatoms. The molecule has 0 N–H and O–H groups in total. The van der Waals surface area contributed by atoms with Gasteiger partial charge in [0.15, 0.2) is 0 Å². The van der Waals surface area contributed by atoms with Crippen molar-refractivity contribution in [3.05, 3.63) is 65.2 Å². The molecule has 1 spiro atoms. The van der Waals surface area contributed by atoms with Crippen LogP contribution in [0, 0.1) is 11.8 Å². The third kappa shape index (κ3) is 5.80. The Kier molecular flexibility index (Phi) is 8.00. The first-order valence-corrected chi connectivity index (χ1v) is 12.6. The highest BCUT2D eigenvalue weighted by Gasteiger charge is 2.51. The molecule has 2 aromatic carbocycles. The van der Waals surface area contributed by atoms with Crippen molar-refractivity contribution in [2.45, 2.75) is 63.0 Å². The van der Waals surface area contributed by atoms with Crippen molar-refractivity contribution in [2.24, 2.45) is 0 Å². The number of halogens is 4. The van der Waals surface area contributed by atoms with E-state index in [9.17, 15) is 13.2 Å². The number of hydrogen-bond donors (Lipinski definition) is 0. The van der Waals surface area contributed by atoms with Gasteiger partial charge in [-0.2, -0.15) is 13.2 Å². The maximum absolute atomic E-state index is 13.6. The first-order chi connectivity index (χ1) is 16.7. The van der Waals surface area contributed by atoms with Gasteiger partial charge in [0.2, 0.25) is 0 Å². The van der Waals surface area contributed by atoms with Crippen molar-refractivity contribution in [3.63, 3.8) is 0 Å². The van der Waals surface area contributed by atoms with Gasteiger partial charge in [-0.25, -0.2) is 0 Å². The summed E-state index contributed by atoms with van der Waals surface area (Å²) in [5.74, 6) is 6.66. The zero-order valence-corrected chi connectivity index (χ0v) is 20.8. The second-order valence-corrected chi connectivity index (χ2v) is 9.84. The van der Waals surface area contributed by atoms with Crippen LogP contribution in [0.25, 0.3) is 0 Å². The fourth-order valence-corrected chi connectivity index (χ4v) is 5.57. The number of benzene rings is 2. The second-order valence-electron chi connectivity index (χ2n) is 9.57. The maximum atomic E-state index is 13.6. The van der Waals surface area contributed by atoms with Crippen LogP contribution in [-0.2, 0) is 10.9 Å². The van der Waals surface area contributed by atoms with Crippen molar-refractivity contribution in [2.75, 3.05) is 25.6 Å². The average Bonchev–Trinajstić information content (AvgIpc) is 3.23. The molecule has 0 unspecified atom stereocenters. The molecule has 2 saturated heterocycles. The van der Waals surface area contributed by atoms with E-state index < -0.39 is 17.3 Å². The summed E-state index contributed by atoms with van der Waals surface area (Å²) >= 11 is 5.77. The molecule has 0 amide bonds. The van der Waals surface area contributed by atoms with E-state index in [1.165, 1.54) is 12.1 Å². The summed E-state index contributed by atoms with van der Waals surface area (Å²) in [5.41, 5.74) is 0.515. The van der Waals surface area contributed by atoms with Gasteiger partial charge in [-0.15, -0.1) is 11.6 Å². The van der Waals surface area contributed by atoms with Crippen LogP contribution >= 0.6 is 11.6 Å². The van der Waals surface area contributed by atoms with Crippen molar-refractivity contribution in [1.82, 2.24) is 4.90 Å². The number of hydrogen-bond acceptors (Lipinski definition) is 3. The standard InChI is InChI=1S/C28H31ClF3NO2/c1-20(2)35-25-12-11-23(28(30,31)32)17-24(25)22-18-27(34-19-22)13-8-16-33(15-7-6-14-29)26(27)21-9-4-3-5-10-21/h3-5,9-12,17,20,22,26H,8,13-16,18-19H2,1-2H3/t22-,26+,27-/m1/s1. The zero-order chi connectivity index (χ0) is 25.1. The molecule has 4 rings (SSSR count). The van der Waals surface area contributed by atoms with Gasteiger partial charge >= 0.3 is 6.18 Å². The molecule has 3 nitrogen and oxygen atoms in total. The van der Waals surface area contributed by atoms with Crippen LogP contribution < -0.4 is 4.74 Å². The zero-order valence-electron chi connectivity index (χ0n) is 20.1. The Morgan fingerprint density at radius 2 is 1.94 bits per heavy atom. The molecule has 35 heavy (non-hydrogen) atoms. The van der Waals surface area contributed by atoms with Crippen LogP contribution in [-0.4, -0.2) is 42.2 Å². The first-order valence-electron chi connectivity index (χ1n) is 12.1. The number of ether oxygens (including phenoxy) is 2. The van der Waals surface area contributed by atoms with Crippen molar-refractivity contribution in [1.29, 1.82) is 0 Å². The molecule has 0 radical (unpaired) electrons. The normalized spacial score (nSPS) is 25.0. The van der Waals surface area contributed by atoms with Gasteiger partial charge < -0.3 is 9.47 Å². The Morgan fingerprint density at radius 3 is 2.63 bits per heavy atom. The second kappa shape index (κ2) is 10.8. The predicted molar refractivity (Wildman–Crippen MR) is 132 cm³/mol. The number of alkyl halides is 4. The highest BCUT2D eigenvalue weighted by Crippen LogP contribution is 2.52. The SMILES string of the molecule is CC(C)Oc1ccc(C(F)(F)F)cc1[C@H]1CO[C@]2(CCCN(CC#CCCl)[C@H]2c2ccccc2)C1. The fraction of sp³-hybridized carbons (Fsp3) is 0.500. The summed E-state index contributed by atoms with van der Waals surface area (Å²) < 4.78 is 53.3. The van der Waals surface area contributed by atoms with Crippen molar-refractivity contribution < 1.29 is 22.6 Å². The predicted octanol–water partition coefficient (Wildman–Crippen LogP) is 6.81. The van der Waals surface area contributed by atoms with E-state index in [1.807, 2.05) is 32.0 Å². The summed E-state index contributed by atoms with van der Waals surface area (Å²) in [6.07, 6.45) is -2.19. The summed E-state index contributed by atoms with van der Waals surface area (Å²) in [4.78, 5) is 2.32. The van der Waals surface area contributed by atoms with Crippen LogP contribution in [0.3, 0.4) is 0 Å². The van der Waals surface area contributed by atoms with Crippen molar-refractivity contribution in [3.8, 4) is 17.6 Å². The molecule has 0 bridgehead atoms. The fourth-order valence-electron chi connectivity index (χ4n) is 5.48. The van der Waals surface area contributed by atoms with E-state index in [2.05, 4.69) is 28.9 Å². The van der Waals surface area contributed by atoms with Gasteiger partial charge in [-0.05, 0) is 63.4 Å². The minimum absolute atomic E-state index is 0.0488. The Hall–Kier alpha value is -2.20. The topological polar surface area (TPSA) is 21.7 Å². The molecule has 2 aliphatic heterocycles. The summed E-state index contributed by atoms with van der Waals surface area (Å²) in [7, 11) is 0. The van der Waals surface area contributed by atoms with E-state index in [4.69, 9.17) is 21.1 Å². The third-order valence-corrected chi connectivity index (χ3v) is 6.94. The molecule has 0 aliphatic carbocycles. The molecule has 2 aliphatic rings. The average molecular weight is 506 g/mol. The summed E-state index contributed by atoms with van der Waals surface area (Å²) in [6.45, 7) is 5.53. The molecule has 0 aromatic heterocycles. The largest absolute Gasteiger partial charge is 0.491 e. The van der Waals surface area contributed by atoms with Gasteiger partial charge in [0.05, 0.1) is 42.3 Å². The van der Waals surface area contributed by atoms with Gasteiger partial charge in [-0.1, -0.05) is 42.2 Å². The van der Waals surface area contributed by atoms with Gasteiger partial charge in [-0.3, -0.25) is 4.90 Å². The lowest BCUT2D eigenvalue weighted by Gasteiger charge is -2.47. The smallest absolute Gasteiger partial charge is 0.416 e. The molecule has 2 fully saturated rings. The first kappa shape index (κ1) is 25.9. The Balaban J connectivity index is 1.71. The highest BCUT2D eigenvalue weighted by molar-refractivity contribution is 6.19. The van der Waals surface area contributed by atoms with E-state index in [-0.39, 0.29) is 23.9 Å². The molecule has 3 atom stereocenters. The molecular formula is C28H31ClF3NO2. The molecule has 2 aromatic rings. The van der Waals surface area contributed by atoms with E-state index >= 15 is 0 Å². The minimum atomic E-state index is -4.42. The molecule has 0 saturated carbocycles. The Morgan fingerprint density at radius 1 is 1.17 bits per heavy atom. The van der Waals surface area contributed by atoms with E-state index in [1.54, 1.807) is 0 Å². The van der Waals surface area contributed by atoms with Gasteiger partial charge in [0.1, 0.15) is 5.75 Å². The van der Waals surface area contributed by atoms with Crippen LogP contribution in [0.4, 0.5) is 13.2 Å². The van der Waals surface area contributed by atoms with Crippen LogP contribution in [0.15, 0.2) is 48.5 Å². The van der Waals surface area contributed by atoms with Gasteiger partial charge in [0, 0.05) is 11.5 Å². The number of piperidine rings is 1. The Bertz CT molecular complexity index is 1060. The number of likely N-dealkylation sites (tertiary alicyclic amines) is 1. The number of rotatable bonds is 5. The van der Waals surface area contributed by atoms with E-state index in [0.717, 1.165) is 31.0 Å². The third-order valence-electron chi connectivity index (χ3n) is 6.80. The van der Waals surface area contributed by atoms with Crippen LogP contribution in [0.5, 0.6) is 5.75 Å². The molecule has 2 heterocycles. The lowest BCUT2D eigenvalue weighted by molar-refractivity contribution is -0.137. The lowest BCUT2D eigenvalue weighted by Crippen LogP contribution is -2.50. The van der Waals surface area contributed by atoms with Crippen molar-refractivity contribution >= 4 is 11.6 Å². The van der Waals surface area contributed by atoms with Crippen LogP contribution in [0.2, 0.25) is 0 Å². The summed E-state index contributed by atoms with van der Waals surface area (Å²) in [6, 6.07) is 13.9. The quantitative estimate of drug-likeness (QED) is 0.329. The number of nitrogens with zero attached hydrogens (tertiary/aromatic N) is 1.